The van der Waals surface area contributed by atoms with Crippen molar-refractivity contribution >= 4 is 5.91 Å². The van der Waals surface area contributed by atoms with E-state index in [1.54, 1.807) is 6.07 Å². The first-order valence-corrected chi connectivity index (χ1v) is 10.7. The van der Waals surface area contributed by atoms with Crippen LogP contribution in [0.25, 0.3) is 0 Å². The van der Waals surface area contributed by atoms with Gasteiger partial charge >= 0.3 is 0 Å². The third-order valence-corrected chi connectivity index (χ3v) is 5.93. The number of fused-ring (bicyclic) bond motifs is 1. The molecule has 6 nitrogen and oxygen atoms in total. The van der Waals surface area contributed by atoms with Gasteiger partial charge in [-0.3, -0.25) is 9.48 Å². The second kappa shape index (κ2) is 9.53. The van der Waals surface area contributed by atoms with Crippen LogP contribution in [0, 0.1) is 5.82 Å². The lowest BCUT2D eigenvalue weighted by molar-refractivity contribution is 0.0297. The Kier molecular flexibility index (Phi) is 6.59. The molecule has 1 amide bonds. The van der Waals surface area contributed by atoms with Crippen molar-refractivity contribution in [3.05, 3.63) is 65.3 Å². The van der Waals surface area contributed by atoms with Gasteiger partial charge in [0.05, 0.1) is 19.8 Å². The molecule has 1 aromatic heterocycles. The molecule has 1 saturated heterocycles. The number of morpholine rings is 1. The lowest BCUT2D eigenvalue weighted by Crippen LogP contribution is -2.42. The third kappa shape index (κ3) is 4.47. The third-order valence-electron chi connectivity index (χ3n) is 5.93. The van der Waals surface area contributed by atoms with Crippen LogP contribution in [0.1, 0.15) is 33.7 Å². The van der Waals surface area contributed by atoms with Gasteiger partial charge in [-0.2, -0.15) is 5.10 Å². The Hall–Kier alpha value is -2.51. The minimum absolute atomic E-state index is 0.00984. The van der Waals surface area contributed by atoms with Crippen molar-refractivity contribution in [2.24, 2.45) is 0 Å². The van der Waals surface area contributed by atoms with E-state index in [-0.39, 0.29) is 17.8 Å². The number of halogens is 1. The summed E-state index contributed by atoms with van der Waals surface area (Å²) < 4.78 is 21.1. The summed E-state index contributed by atoms with van der Waals surface area (Å²) in [6.07, 6.45) is 5.05. The van der Waals surface area contributed by atoms with E-state index in [4.69, 9.17) is 4.74 Å². The van der Waals surface area contributed by atoms with Crippen molar-refractivity contribution in [1.82, 2.24) is 20.0 Å². The number of aromatic nitrogens is 2. The molecule has 0 saturated carbocycles. The van der Waals surface area contributed by atoms with Crippen LogP contribution in [0.15, 0.2) is 36.9 Å². The molecule has 0 radical (unpaired) electrons. The molecule has 0 spiro atoms. The minimum atomic E-state index is -0.158. The van der Waals surface area contributed by atoms with Crippen LogP contribution >= 0.6 is 0 Å². The lowest BCUT2D eigenvalue weighted by atomic mass is 9.91. The van der Waals surface area contributed by atoms with E-state index in [1.165, 1.54) is 6.07 Å². The molecule has 1 aliphatic carbocycles. The average Bonchev–Trinajstić information content (AvgIpc) is 3.13. The zero-order valence-corrected chi connectivity index (χ0v) is 17.3. The molecule has 4 rings (SSSR count). The maximum atomic E-state index is 13.8. The smallest absolute Gasteiger partial charge is 0.274 e. The second-order valence-corrected chi connectivity index (χ2v) is 7.88. The van der Waals surface area contributed by atoms with Gasteiger partial charge in [-0.05, 0) is 43.9 Å². The Morgan fingerprint density at radius 2 is 2.13 bits per heavy atom. The predicted molar refractivity (Wildman–Crippen MR) is 113 cm³/mol. The van der Waals surface area contributed by atoms with Crippen LogP contribution in [0.4, 0.5) is 4.39 Å². The number of carbonyl (C=O) groups excluding carboxylic acids is 1. The second-order valence-electron chi connectivity index (χ2n) is 7.88. The molecule has 2 aromatic rings. The number of amides is 1. The number of carbonyl (C=O) groups is 1. The van der Waals surface area contributed by atoms with Crippen molar-refractivity contribution in [1.29, 1.82) is 0 Å². The van der Waals surface area contributed by atoms with Gasteiger partial charge in [0.15, 0.2) is 5.69 Å². The van der Waals surface area contributed by atoms with E-state index in [2.05, 4.69) is 17.0 Å². The predicted octanol–water partition coefficient (Wildman–Crippen LogP) is 2.37. The molecule has 0 unspecified atom stereocenters. The molecule has 1 fully saturated rings. The summed E-state index contributed by atoms with van der Waals surface area (Å²) in [5, 5.41) is 8.22. The van der Waals surface area contributed by atoms with Crippen LogP contribution < -0.4 is 5.32 Å². The van der Waals surface area contributed by atoms with Gasteiger partial charge in [0.2, 0.25) is 0 Å². The van der Waals surface area contributed by atoms with Crippen molar-refractivity contribution in [2.75, 3.05) is 32.8 Å². The van der Waals surface area contributed by atoms with Crippen molar-refractivity contribution in [3.8, 4) is 0 Å². The van der Waals surface area contributed by atoms with E-state index in [9.17, 15) is 9.18 Å². The highest BCUT2D eigenvalue weighted by Crippen LogP contribution is 2.26. The van der Waals surface area contributed by atoms with Crippen molar-refractivity contribution < 1.29 is 13.9 Å². The summed E-state index contributed by atoms with van der Waals surface area (Å²) in [5.74, 6) is -0.168. The fraction of sp³-hybridized carbons (Fsp3) is 0.478. The van der Waals surface area contributed by atoms with E-state index in [1.807, 2.05) is 27.8 Å². The van der Waals surface area contributed by atoms with Crippen LogP contribution in [0.3, 0.4) is 0 Å². The maximum absolute atomic E-state index is 13.8. The average molecular weight is 413 g/mol. The number of allylic oxidation sites excluding steroid dienone is 1. The van der Waals surface area contributed by atoms with E-state index >= 15 is 0 Å². The van der Waals surface area contributed by atoms with Crippen molar-refractivity contribution in [2.45, 2.75) is 38.3 Å². The lowest BCUT2D eigenvalue weighted by Gasteiger charge is -2.28. The molecule has 2 heterocycles. The number of hydrogen-bond acceptors (Lipinski definition) is 4. The molecule has 0 bridgehead atoms. The highest BCUT2D eigenvalue weighted by atomic mass is 19.1. The SMILES string of the molecule is C=CCn1nc(C(=O)N2CCOCC2)c2c1CC[C@H](NCCc1ccccc1F)C2. The Morgan fingerprint density at radius 1 is 1.33 bits per heavy atom. The number of rotatable bonds is 7. The fourth-order valence-corrected chi connectivity index (χ4v) is 4.34. The van der Waals surface area contributed by atoms with E-state index in [0.29, 0.717) is 51.5 Å². The molecular formula is C23H29FN4O2. The van der Waals surface area contributed by atoms with E-state index < -0.39 is 0 Å². The Balaban J connectivity index is 1.46. The summed E-state index contributed by atoms with van der Waals surface area (Å²) >= 11 is 0. The summed E-state index contributed by atoms with van der Waals surface area (Å²) in [7, 11) is 0. The normalized spacial score (nSPS) is 18.8. The minimum Gasteiger partial charge on any atom is -0.378 e. The van der Waals surface area contributed by atoms with Gasteiger partial charge in [-0.25, -0.2) is 4.39 Å². The molecule has 1 N–H and O–H groups in total. The van der Waals surface area contributed by atoms with Gasteiger partial charge in [0.25, 0.3) is 5.91 Å². The number of nitrogens with one attached hydrogen (secondary N) is 1. The highest BCUT2D eigenvalue weighted by molar-refractivity contribution is 5.94. The van der Waals surface area contributed by atoms with Crippen LogP contribution in [0.2, 0.25) is 0 Å². The van der Waals surface area contributed by atoms with Crippen molar-refractivity contribution in [3.63, 3.8) is 0 Å². The first kappa shape index (κ1) is 20.8. The standard InChI is InChI=1S/C23H29FN4O2/c1-2-11-28-21-8-7-18(25-10-9-17-5-3-4-6-20(17)24)16-19(21)22(26-28)23(29)27-12-14-30-15-13-27/h2-6,18,25H,1,7-16H2/t18-/m0/s1. The Morgan fingerprint density at radius 3 is 2.90 bits per heavy atom. The summed E-state index contributed by atoms with van der Waals surface area (Å²) in [6, 6.07) is 7.15. The summed E-state index contributed by atoms with van der Waals surface area (Å²) in [5.41, 5.74) is 3.47. The quantitative estimate of drug-likeness (QED) is 0.710. The zero-order valence-electron chi connectivity index (χ0n) is 17.3. The number of nitrogens with zero attached hydrogens (tertiary/aromatic N) is 3. The van der Waals surface area contributed by atoms with E-state index in [0.717, 1.165) is 36.1 Å². The van der Waals surface area contributed by atoms with Gasteiger partial charge < -0.3 is 15.0 Å². The number of ether oxygens (including phenoxy) is 1. The fourth-order valence-electron chi connectivity index (χ4n) is 4.34. The monoisotopic (exact) mass is 412 g/mol. The molecule has 1 atom stereocenters. The first-order valence-electron chi connectivity index (χ1n) is 10.7. The molecule has 1 aliphatic heterocycles. The Labute approximate surface area is 176 Å². The molecule has 7 heteroatoms. The molecule has 1 aromatic carbocycles. The van der Waals surface area contributed by atoms with Crippen LogP contribution in [-0.4, -0.2) is 59.5 Å². The number of hydrogen-bond donors (Lipinski definition) is 1. The summed E-state index contributed by atoms with van der Waals surface area (Å²) in [6.45, 7) is 7.48. The first-order chi connectivity index (χ1) is 14.7. The summed E-state index contributed by atoms with van der Waals surface area (Å²) in [4.78, 5) is 15.0. The molecule has 160 valence electrons. The largest absolute Gasteiger partial charge is 0.378 e. The van der Waals surface area contributed by atoms with Gasteiger partial charge in [-0.1, -0.05) is 24.3 Å². The topological polar surface area (TPSA) is 59.4 Å². The molecular weight excluding hydrogens is 383 g/mol. The van der Waals surface area contributed by atoms with Crippen LogP contribution in [0.5, 0.6) is 0 Å². The van der Waals surface area contributed by atoms with Crippen LogP contribution in [-0.2, 0) is 30.5 Å². The molecule has 30 heavy (non-hydrogen) atoms. The van der Waals surface area contributed by atoms with Gasteiger partial charge in [-0.15, -0.1) is 6.58 Å². The number of benzene rings is 1. The molecule has 2 aliphatic rings. The Bertz CT molecular complexity index is 905. The van der Waals surface area contributed by atoms with Gasteiger partial charge in [0.1, 0.15) is 5.82 Å². The van der Waals surface area contributed by atoms with Gasteiger partial charge in [0, 0.05) is 30.4 Å². The maximum Gasteiger partial charge on any atom is 0.274 e. The zero-order chi connectivity index (χ0) is 20.9. The highest BCUT2D eigenvalue weighted by Gasteiger charge is 2.31.